The Labute approximate surface area is 181 Å². The Balaban J connectivity index is 1.41. The normalized spacial score (nSPS) is 15.8. The number of carbonyl (C=O) groups excluding carboxylic acids is 1. The number of benzene rings is 2. The summed E-state index contributed by atoms with van der Waals surface area (Å²) in [4.78, 5) is 12.7. The lowest BCUT2D eigenvalue weighted by molar-refractivity contribution is -0.115. The molecule has 2 aromatic carbocycles. The van der Waals surface area contributed by atoms with Crippen molar-refractivity contribution in [1.29, 1.82) is 0 Å². The monoisotopic (exact) mass is 423 g/mol. The number of nitrogens with zero attached hydrogens (tertiary/aromatic N) is 2. The molecule has 4 rings (SSSR count). The maximum Gasteiger partial charge on any atom is 0.228 e. The first kappa shape index (κ1) is 21.1. The molecule has 6 nitrogen and oxygen atoms in total. The number of rotatable bonds is 7. The standard InChI is InChI=1S/C24H26FN3O3/c1-16-23(17(2)28(27-16)20-10-8-18(25)9-11-20)14-24(29)26-19-5-3-6-21(13-19)31-15-22-7-4-12-30-22/h3,5-6,8-11,13,22H,4,7,12,14-15H2,1-2H3,(H,26,29)/t22-/m1/s1. The number of aromatic nitrogens is 2. The van der Waals surface area contributed by atoms with Crippen LogP contribution in [0.2, 0.25) is 0 Å². The zero-order valence-corrected chi connectivity index (χ0v) is 17.7. The molecular formula is C24H26FN3O3. The molecule has 0 spiro atoms. The molecule has 0 bridgehead atoms. The summed E-state index contributed by atoms with van der Waals surface area (Å²) < 4.78 is 26.3. The molecule has 1 aromatic heterocycles. The molecule has 1 aliphatic heterocycles. The number of nitrogens with one attached hydrogen (secondary N) is 1. The Morgan fingerprint density at radius 3 is 2.81 bits per heavy atom. The second-order valence-corrected chi connectivity index (χ2v) is 7.74. The van der Waals surface area contributed by atoms with Crippen molar-refractivity contribution in [3.8, 4) is 11.4 Å². The Morgan fingerprint density at radius 1 is 1.26 bits per heavy atom. The number of hydrogen-bond acceptors (Lipinski definition) is 4. The van der Waals surface area contributed by atoms with E-state index in [0.29, 0.717) is 18.0 Å². The van der Waals surface area contributed by atoms with Crippen molar-refractivity contribution in [2.75, 3.05) is 18.5 Å². The van der Waals surface area contributed by atoms with Crippen LogP contribution >= 0.6 is 0 Å². The third kappa shape index (κ3) is 5.11. The molecular weight excluding hydrogens is 397 g/mol. The van der Waals surface area contributed by atoms with Gasteiger partial charge in [-0.05, 0) is 63.1 Å². The summed E-state index contributed by atoms with van der Waals surface area (Å²) >= 11 is 0. The molecule has 1 saturated heterocycles. The highest BCUT2D eigenvalue weighted by Gasteiger charge is 2.17. The van der Waals surface area contributed by atoms with Crippen molar-refractivity contribution in [3.05, 3.63) is 71.3 Å². The highest BCUT2D eigenvalue weighted by atomic mass is 19.1. The van der Waals surface area contributed by atoms with Crippen LogP contribution in [0.1, 0.15) is 29.8 Å². The minimum atomic E-state index is -0.299. The lowest BCUT2D eigenvalue weighted by Crippen LogP contribution is -2.17. The predicted octanol–water partition coefficient (Wildman–Crippen LogP) is 4.37. The van der Waals surface area contributed by atoms with E-state index >= 15 is 0 Å². The molecule has 1 N–H and O–H groups in total. The summed E-state index contributed by atoms with van der Waals surface area (Å²) in [6, 6.07) is 13.5. The average molecular weight is 423 g/mol. The van der Waals surface area contributed by atoms with E-state index in [1.165, 1.54) is 12.1 Å². The molecule has 1 atom stereocenters. The Kier molecular flexibility index (Phi) is 6.32. The van der Waals surface area contributed by atoms with Crippen LogP contribution < -0.4 is 10.1 Å². The van der Waals surface area contributed by atoms with Crippen LogP contribution in [0.3, 0.4) is 0 Å². The lowest BCUT2D eigenvalue weighted by atomic mass is 10.1. The Morgan fingerprint density at radius 2 is 2.06 bits per heavy atom. The molecule has 0 saturated carbocycles. The highest BCUT2D eigenvalue weighted by molar-refractivity contribution is 5.92. The summed E-state index contributed by atoms with van der Waals surface area (Å²) in [5.74, 6) is 0.262. The van der Waals surface area contributed by atoms with Gasteiger partial charge in [0.05, 0.1) is 23.9 Å². The van der Waals surface area contributed by atoms with Gasteiger partial charge in [-0.3, -0.25) is 4.79 Å². The first-order valence-electron chi connectivity index (χ1n) is 10.4. The van der Waals surface area contributed by atoms with Crippen molar-refractivity contribution >= 4 is 11.6 Å². The maximum atomic E-state index is 13.2. The molecule has 7 heteroatoms. The van der Waals surface area contributed by atoms with Crippen LogP contribution in [0, 0.1) is 19.7 Å². The van der Waals surface area contributed by atoms with E-state index in [2.05, 4.69) is 10.4 Å². The minimum absolute atomic E-state index is 0.138. The fourth-order valence-corrected chi connectivity index (χ4v) is 3.76. The molecule has 0 aliphatic carbocycles. The first-order valence-corrected chi connectivity index (χ1v) is 10.4. The van der Waals surface area contributed by atoms with Crippen LogP contribution in [-0.2, 0) is 16.0 Å². The molecule has 2 heterocycles. The van der Waals surface area contributed by atoms with Crippen molar-refractivity contribution in [1.82, 2.24) is 9.78 Å². The zero-order valence-electron chi connectivity index (χ0n) is 17.7. The quantitative estimate of drug-likeness (QED) is 0.613. The van der Waals surface area contributed by atoms with E-state index in [1.807, 2.05) is 38.1 Å². The third-order valence-electron chi connectivity index (χ3n) is 5.43. The minimum Gasteiger partial charge on any atom is -0.491 e. The van der Waals surface area contributed by atoms with Crippen molar-refractivity contribution in [2.45, 2.75) is 39.2 Å². The Bertz CT molecular complexity index is 1060. The second kappa shape index (κ2) is 9.31. The zero-order chi connectivity index (χ0) is 21.8. The van der Waals surface area contributed by atoms with Gasteiger partial charge in [-0.15, -0.1) is 0 Å². The van der Waals surface area contributed by atoms with Gasteiger partial charge in [0.25, 0.3) is 0 Å². The highest BCUT2D eigenvalue weighted by Crippen LogP contribution is 2.22. The number of amides is 1. The smallest absolute Gasteiger partial charge is 0.228 e. The lowest BCUT2D eigenvalue weighted by Gasteiger charge is -2.12. The number of ether oxygens (including phenoxy) is 2. The fraction of sp³-hybridized carbons (Fsp3) is 0.333. The van der Waals surface area contributed by atoms with Crippen LogP contribution in [0.5, 0.6) is 5.75 Å². The van der Waals surface area contributed by atoms with Crippen LogP contribution in [0.25, 0.3) is 5.69 Å². The summed E-state index contributed by atoms with van der Waals surface area (Å²) in [6.45, 7) is 5.08. The van der Waals surface area contributed by atoms with E-state index < -0.39 is 0 Å². The van der Waals surface area contributed by atoms with E-state index in [9.17, 15) is 9.18 Å². The van der Waals surface area contributed by atoms with Gasteiger partial charge in [0.2, 0.25) is 5.91 Å². The van der Waals surface area contributed by atoms with E-state index in [4.69, 9.17) is 9.47 Å². The van der Waals surface area contributed by atoms with Gasteiger partial charge in [0, 0.05) is 29.6 Å². The number of carbonyl (C=O) groups is 1. The maximum absolute atomic E-state index is 13.2. The summed E-state index contributed by atoms with van der Waals surface area (Å²) in [6.07, 6.45) is 2.42. The topological polar surface area (TPSA) is 65.4 Å². The van der Waals surface area contributed by atoms with Crippen molar-refractivity contribution in [2.24, 2.45) is 0 Å². The predicted molar refractivity (Wildman–Crippen MR) is 116 cm³/mol. The van der Waals surface area contributed by atoms with Crippen LogP contribution in [-0.4, -0.2) is 35.0 Å². The van der Waals surface area contributed by atoms with Crippen molar-refractivity contribution < 1.29 is 18.7 Å². The van der Waals surface area contributed by atoms with Gasteiger partial charge < -0.3 is 14.8 Å². The molecule has 1 amide bonds. The molecule has 31 heavy (non-hydrogen) atoms. The van der Waals surface area contributed by atoms with E-state index in [1.54, 1.807) is 16.8 Å². The SMILES string of the molecule is Cc1nn(-c2ccc(F)cc2)c(C)c1CC(=O)Nc1cccc(OC[C@H]2CCCO2)c1. The largest absolute Gasteiger partial charge is 0.491 e. The van der Waals surface area contributed by atoms with Gasteiger partial charge in [0.15, 0.2) is 0 Å². The number of hydrogen-bond donors (Lipinski definition) is 1. The summed E-state index contributed by atoms with van der Waals surface area (Å²) in [5.41, 5.74) is 3.91. The third-order valence-corrected chi connectivity index (χ3v) is 5.43. The second-order valence-electron chi connectivity index (χ2n) is 7.74. The van der Waals surface area contributed by atoms with Crippen molar-refractivity contribution in [3.63, 3.8) is 0 Å². The molecule has 1 aliphatic rings. The van der Waals surface area contributed by atoms with Crippen LogP contribution in [0.15, 0.2) is 48.5 Å². The molecule has 1 fully saturated rings. The molecule has 3 aromatic rings. The molecule has 0 unspecified atom stereocenters. The molecule has 0 radical (unpaired) electrons. The first-order chi connectivity index (χ1) is 15.0. The number of halogens is 1. The number of aryl methyl sites for hydroxylation is 1. The van der Waals surface area contributed by atoms with Gasteiger partial charge in [-0.1, -0.05) is 6.07 Å². The Hall–Kier alpha value is -3.19. The number of anilines is 1. The van der Waals surface area contributed by atoms with E-state index in [-0.39, 0.29) is 24.2 Å². The summed E-state index contributed by atoms with van der Waals surface area (Å²) in [5, 5.41) is 7.46. The van der Waals surface area contributed by atoms with Gasteiger partial charge in [-0.25, -0.2) is 9.07 Å². The van der Waals surface area contributed by atoms with E-state index in [0.717, 1.165) is 42.1 Å². The van der Waals surface area contributed by atoms with Gasteiger partial charge in [-0.2, -0.15) is 5.10 Å². The van der Waals surface area contributed by atoms with Gasteiger partial charge >= 0.3 is 0 Å². The molecule has 162 valence electrons. The average Bonchev–Trinajstić information content (AvgIpc) is 3.37. The fourth-order valence-electron chi connectivity index (χ4n) is 3.76. The van der Waals surface area contributed by atoms with Gasteiger partial charge in [0.1, 0.15) is 18.2 Å². The van der Waals surface area contributed by atoms with Crippen LogP contribution in [0.4, 0.5) is 10.1 Å². The summed E-state index contributed by atoms with van der Waals surface area (Å²) in [7, 11) is 0.